The Morgan fingerprint density at radius 3 is 2.54 bits per heavy atom. The van der Waals surface area contributed by atoms with Gasteiger partial charge in [0.05, 0.1) is 10.6 Å². The molecule has 1 atom stereocenters. The average Bonchev–Trinajstić information content (AvgIpc) is 3.16. The van der Waals surface area contributed by atoms with E-state index in [4.69, 9.17) is 4.74 Å². The molecule has 0 bridgehead atoms. The van der Waals surface area contributed by atoms with Crippen LogP contribution in [0.1, 0.15) is 12.6 Å². The number of aromatic nitrogens is 1. The summed E-state index contributed by atoms with van der Waals surface area (Å²) in [4.78, 5) is 16.5. The van der Waals surface area contributed by atoms with Crippen molar-refractivity contribution < 1.29 is 22.3 Å². The van der Waals surface area contributed by atoms with Crippen molar-refractivity contribution in [2.75, 3.05) is 0 Å². The SMILES string of the molecule is C[C@H](NS(=O)(=O)c1ccccc1)C(=O)OCc1csc(-c2ccc(F)cc2)n1. The number of hydrogen-bond donors (Lipinski definition) is 1. The molecule has 146 valence electrons. The lowest BCUT2D eigenvalue weighted by molar-refractivity contribution is -0.146. The fourth-order valence-corrected chi connectivity index (χ4v) is 4.34. The van der Waals surface area contributed by atoms with E-state index in [0.29, 0.717) is 10.7 Å². The van der Waals surface area contributed by atoms with Gasteiger partial charge in [-0.2, -0.15) is 4.72 Å². The number of nitrogens with one attached hydrogen (secondary N) is 1. The summed E-state index contributed by atoms with van der Waals surface area (Å²) in [5.74, 6) is -1.04. The number of carbonyl (C=O) groups is 1. The van der Waals surface area contributed by atoms with Crippen LogP contribution >= 0.6 is 11.3 Å². The lowest BCUT2D eigenvalue weighted by Crippen LogP contribution is -2.39. The summed E-state index contributed by atoms with van der Waals surface area (Å²) in [6, 6.07) is 12.6. The predicted molar refractivity (Wildman–Crippen MR) is 104 cm³/mol. The van der Waals surface area contributed by atoms with Crippen LogP contribution in [0, 0.1) is 5.82 Å². The highest BCUT2D eigenvalue weighted by Crippen LogP contribution is 2.24. The molecule has 0 unspecified atom stereocenters. The zero-order valence-corrected chi connectivity index (χ0v) is 16.5. The zero-order chi connectivity index (χ0) is 20.1. The van der Waals surface area contributed by atoms with Crippen molar-refractivity contribution in [3.8, 4) is 10.6 Å². The van der Waals surface area contributed by atoms with Gasteiger partial charge in [0.25, 0.3) is 0 Å². The standard InChI is InChI=1S/C19H17FN2O4S2/c1-13(22-28(24,25)17-5-3-2-4-6-17)19(23)26-11-16-12-27-18(21-16)14-7-9-15(20)10-8-14/h2-10,12-13,22H,11H2,1H3/t13-/m0/s1. The van der Waals surface area contributed by atoms with Gasteiger partial charge in [-0.3, -0.25) is 4.79 Å². The summed E-state index contributed by atoms with van der Waals surface area (Å²) in [5, 5.41) is 2.40. The Hall–Kier alpha value is -2.62. The molecule has 0 fully saturated rings. The van der Waals surface area contributed by atoms with E-state index in [2.05, 4.69) is 9.71 Å². The molecule has 1 aromatic heterocycles. The van der Waals surface area contributed by atoms with Crippen LogP contribution in [-0.2, 0) is 26.2 Å². The maximum Gasteiger partial charge on any atom is 0.324 e. The van der Waals surface area contributed by atoms with Crippen LogP contribution in [0.5, 0.6) is 0 Å². The maximum absolute atomic E-state index is 13.0. The molecule has 0 aliphatic carbocycles. The van der Waals surface area contributed by atoms with Crippen molar-refractivity contribution in [3.63, 3.8) is 0 Å². The summed E-state index contributed by atoms with van der Waals surface area (Å²) < 4.78 is 44.9. The van der Waals surface area contributed by atoms with E-state index in [1.54, 1.807) is 35.7 Å². The van der Waals surface area contributed by atoms with Gasteiger partial charge < -0.3 is 4.74 Å². The average molecular weight is 420 g/mol. The van der Waals surface area contributed by atoms with Gasteiger partial charge in [-0.1, -0.05) is 18.2 Å². The van der Waals surface area contributed by atoms with E-state index in [9.17, 15) is 17.6 Å². The zero-order valence-electron chi connectivity index (χ0n) is 14.8. The van der Waals surface area contributed by atoms with Gasteiger partial charge in [-0.15, -0.1) is 11.3 Å². The van der Waals surface area contributed by atoms with E-state index < -0.39 is 22.0 Å². The molecule has 2 aromatic carbocycles. The number of thiazole rings is 1. The van der Waals surface area contributed by atoms with Crippen molar-refractivity contribution >= 4 is 27.3 Å². The number of carbonyl (C=O) groups excluding carboxylic acids is 1. The minimum absolute atomic E-state index is 0.0677. The number of benzene rings is 2. The maximum atomic E-state index is 13.0. The molecule has 0 amide bonds. The van der Waals surface area contributed by atoms with Gasteiger partial charge in [-0.05, 0) is 43.3 Å². The number of nitrogens with zero attached hydrogens (tertiary/aromatic N) is 1. The molecule has 1 N–H and O–H groups in total. The second kappa shape index (κ2) is 8.59. The molecule has 1 heterocycles. The molecule has 0 radical (unpaired) electrons. The Labute approximate surface area is 166 Å². The Morgan fingerprint density at radius 2 is 1.86 bits per heavy atom. The highest BCUT2D eigenvalue weighted by Gasteiger charge is 2.23. The van der Waals surface area contributed by atoms with Gasteiger partial charge in [0.2, 0.25) is 10.0 Å². The minimum Gasteiger partial charge on any atom is -0.458 e. The first-order chi connectivity index (χ1) is 13.3. The number of hydrogen-bond acceptors (Lipinski definition) is 6. The van der Waals surface area contributed by atoms with Gasteiger partial charge in [-0.25, -0.2) is 17.8 Å². The van der Waals surface area contributed by atoms with E-state index in [0.717, 1.165) is 5.56 Å². The molecular formula is C19H17FN2O4S2. The number of ether oxygens (including phenoxy) is 1. The highest BCUT2D eigenvalue weighted by atomic mass is 32.2. The molecule has 0 spiro atoms. The topological polar surface area (TPSA) is 85.4 Å². The molecule has 3 rings (SSSR count). The van der Waals surface area contributed by atoms with Crippen LogP contribution in [0.2, 0.25) is 0 Å². The Kier molecular flexibility index (Phi) is 6.18. The molecule has 0 aliphatic rings. The van der Waals surface area contributed by atoms with Crippen molar-refractivity contribution in [3.05, 3.63) is 71.5 Å². The summed E-state index contributed by atoms with van der Waals surface area (Å²) in [5.41, 5.74) is 1.28. The fourth-order valence-electron chi connectivity index (χ4n) is 2.32. The second-order valence-corrected chi connectivity index (χ2v) is 8.49. The third-order valence-electron chi connectivity index (χ3n) is 3.74. The van der Waals surface area contributed by atoms with Gasteiger partial charge in [0.1, 0.15) is 23.5 Å². The lowest BCUT2D eigenvalue weighted by atomic mass is 10.2. The summed E-state index contributed by atoms with van der Waals surface area (Å²) >= 11 is 1.34. The molecule has 9 heteroatoms. The largest absolute Gasteiger partial charge is 0.458 e. The monoisotopic (exact) mass is 420 g/mol. The number of esters is 1. The van der Waals surface area contributed by atoms with E-state index in [1.807, 2.05) is 0 Å². The first-order valence-electron chi connectivity index (χ1n) is 8.29. The molecule has 0 saturated carbocycles. The van der Waals surface area contributed by atoms with E-state index in [-0.39, 0.29) is 17.3 Å². The minimum atomic E-state index is -3.82. The normalized spacial score (nSPS) is 12.5. The van der Waals surface area contributed by atoms with Crippen molar-refractivity contribution in [1.29, 1.82) is 0 Å². The smallest absolute Gasteiger partial charge is 0.324 e. The third kappa shape index (κ3) is 5.00. The van der Waals surface area contributed by atoms with Crippen LogP contribution in [-0.4, -0.2) is 25.4 Å². The van der Waals surface area contributed by atoms with Crippen LogP contribution in [0.15, 0.2) is 64.9 Å². The summed E-state index contributed by atoms with van der Waals surface area (Å²) in [6.07, 6.45) is 0. The second-order valence-electron chi connectivity index (χ2n) is 5.91. The Morgan fingerprint density at radius 1 is 1.18 bits per heavy atom. The van der Waals surface area contributed by atoms with E-state index >= 15 is 0 Å². The molecular weight excluding hydrogens is 403 g/mol. The molecule has 6 nitrogen and oxygen atoms in total. The van der Waals surface area contributed by atoms with Crippen LogP contribution in [0.25, 0.3) is 10.6 Å². The number of sulfonamides is 1. The summed E-state index contributed by atoms with van der Waals surface area (Å²) in [6.45, 7) is 1.32. The molecule has 0 saturated heterocycles. The number of halogens is 1. The van der Waals surface area contributed by atoms with Crippen molar-refractivity contribution in [2.24, 2.45) is 0 Å². The van der Waals surface area contributed by atoms with Crippen molar-refractivity contribution in [2.45, 2.75) is 24.5 Å². The number of rotatable bonds is 7. The molecule has 3 aromatic rings. The highest BCUT2D eigenvalue weighted by molar-refractivity contribution is 7.89. The summed E-state index contributed by atoms with van der Waals surface area (Å²) in [7, 11) is -3.82. The predicted octanol–water partition coefficient (Wildman–Crippen LogP) is 3.36. The van der Waals surface area contributed by atoms with Crippen LogP contribution < -0.4 is 4.72 Å². The van der Waals surface area contributed by atoms with Gasteiger partial charge in [0.15, 0.2) is 0 Å². The Balaban J connectivity index is 1.57. The Bertz CT molecular complexity index is 1050. The third-order valence-corrected chi connectivity index (χ3v) is 6.24. The first kappa shape index (κ1) is 20.1. The van der Waals surface area contributed by atoms with Crippen LogP contribution in [0.4, 0.5) is 4.39 Å². The fraction of sp³-hybridized carbons (Fsp3) is 0.158. The van der Waals surface area contributed by atoms with Gasteiger partial charge in [0, 0.05) is 10.9 Å². The van der Waals surface area contributed by atoms with Crippen molar-refractivity contribution in [1.82, 2.24) is 9.71 Å². The molecule has 0 aliphatic heterocycles. The lowest BCUT2D eigenvalue weighted by Gasteiger charge is -2.13. The first-order valence-corrected chi connectivity index (χ1v) is 10.7. The van der Waals surface area contributed by atoms with E-state index in [1.165, 1.54) is 42.5 Å². The quantitative estimate of drug-likeness (QED) is 0.593. The van der Waals surface area contributed by atoms with Gasteiger partial charge >= 0.3 is 5.97 Å². The molecule has 28 heavy (non-hydrogen) atoms. The van der Waals surface area contributed by atoms with Crippen LogP contribution in [0.3, 0.4) is 0 Å².